The molecule has 8 heteroatoms. The summed E-state index contributed by atoms with van der Waals surface area (Å²) in [6.45, 7) is 2.50. The largest absolute Gasteiger partial charge is 0.439 e. The molecule has 4 rings (SSSR count). The van der Waals surface area contributed by atoms with Gasteiger partial charge in [-0.05, 0) is 42.7 Å². The molecule has 1 aliphatic rings. The van der Waals surface area contributed by atoms with E-state index in [-0.39, 0.29) is 24.1 Å². The highest BCUT2D eigenvalue weighted by Gasteiger charge is 2.35. The van der Waals surface area contributed by atoms with E-state index in [1.165, 1.54) is 5.56 Å². The molecule has 2 N–H and O–H groups in total. The maximum Gasteiger partial charge on any atom is 0.439 e. The highest BCUT2D eigenvalue weighted by molar-refractivity contribution is 6.03. The standard InChI is InChI=1S/C23H24N4O4/c1-2-3-5-15-8-10-19(11-9-15)27-14-17(13-20(27)28)22(29)24-18-7-4-6-16(12-18)21-25-23(30)31-26-21/h4,6-12,17H,2-3,5,13-14H2,1H3,(H,24,29)(H,25,26,30). The van der Waals surface area contributed by atoms with Crippen LogP contribution in [0.2, 0.25) is 0 Å². The molecule has 0 bridgehead atoms. The lowest BCUT2D eigenvalue weighted by molar-refractivity contribution is -0.122. The first-order valence-corrected chi connectivity index (χ1v) is 10.4. The summed E-state index contributed by atoms with van der Waals surface area (Å²) in [5.74, 6) is -1.09. The molecule has 1 aliphatic heterocycles. The third-order valence-corrected chi connectivity index (χ3v) is 5.41. The van der Waals surface area contributed by atoms with Gasteiger partial charge < -0.3 is 10.2 Å². The van der Waals surface area contributed by atoms with E-state index in [4.69, 9.17) is 0 Å². The van der Waals surface area contributed by atoms with Crippen molar-refractivity contribution in [3.8, 4) is 11.4 Å². The van der Waals surface area contributed by atoms with Gasteiger partial charge in [0.05, 0.1) is 5.92 Å². The number of rotatable bonds is 7. The van der Waals surface area contributed by atoms with E-state index >= 15 is 0 Å². The minimum absolute atomic E-state index is 0.0598. The number of nitrogens with one attached hydrogen (secondary N) is 2. The normalized spacial score (nSPS) is 16.0. The Morgan fingerprint density at radius 2 is 2.03 bits per heavy atom. The van der Waals surface area contributed by atoms with E-state index in [1.54, 1.807) is 29.2 Å². The smallest absolute Gasteiger partial charge is 0.326 e. The number of carbonyl (C=O) groups is 2. The van der Waals surface area contributed by atoms with Gasteiger partial charge in [-0.1, -0.05) is 42.8 Å². The van der Waals surface area contributed by atoms with Crippen molar-refractivity contribution in [3.05, 3.63) is 64.6 Å². The van der Waals surface area contributed by atoms with Crippen LogP contribution in [0.25, 0.3) is 11.4 Å². The van der Waals surface area contributed by atoms with Gasteiger partial charge >= 0.3 is 5.76 Å². The van der Waals surface area contributed by atoms with E-state index in [9.17, 15) is 14.4 Å². The molecule has 31 heavy (non-hydrogen) atoms. The Bertz CT molecular complexity index is 1130. The SMILES string of the molecule is CCCCc1ccc(N2CC(C(=O)Nc3cccc(-c4noc(=O)[nH]4)c3)CC2=O)cc1. The zero-order valence-electron chi connectivity index (χ0n) is 17.3. The number of aryl methyl sites for hydroxylation is 1. The fourth-order valence-corrected chi connectivity index (χ4v) is 3.70. The molecule has 1 aromatic heterocycles. The number of carbonyl (C=O) groups excluding carboxylic acids is 2. The van der Waals surface area contributed by atoms with Crippen LogP contribution in [0.4, 0.5) is 11.4 Å². The van der Waals surface area contributed by atoms with Crippen LogP contribution in [0.1, 0.15) is 31.7 Å². The molecule has 0 saturated carbocycles. The topological polar surface area (TPSA) is 108 Å². The molecular weight excluding hydrogens is 396 g/mol. The number of nitrogens with zero attached hydrogens (tertiary/aromatic N) is 2. The molecular formula is C23H24N4O4. The second-order valence-corrected chi connectivity index (χ2v) is 7.69. The van der Waals surface area contributed by atoms with Crippen LogP contribution in [-0.4, -0.2) is 28.5 Å². The molecule has 0 radical (unpaired) electrons. The summed E-state index contributed by atoms with van der Waals surface area (Å²) in [7, 11) is 0. The Hall–Kier alpha value is -3.68. The van der Waals surface area contributed by atoms with Crippen LogP contribution in [0.3, 0.4) is 0 Å². The molecule has 2 heterocycles. The lowest BCUT2D eigenvalue weighted by atomic mass is 10.1. The monoisotopic (exact) mass is 420 g/mol. The zero-order chi connectivity index (χ0) is 21.8. The van der Waals surface area contributed by atoms with Crippen LogP contribution < -0.4 is 16.0 Å². The highest BCUT2D eigenvalue weighted by Crippen LogP contribution is 2.27. The quantitative estimate of drug-likeness (QED) is 0.609. The molecule has 1 saturated heterocycles. The summed E-state index contributed by atoms with van der Waals surface area (Å²) in [5.41, 5.74) is 3.23. The Balaban J connectivity index is 1.41. The Morgan fingerprint density at radius 1 is 1.23 bits per heavy atom. The maximum absolute atomic E-state index is 12.8. The van der Waals surface area contributed by atoms with Crippen LogP contribution in [-0.2, 0) is 16.0 Å². The summed E-state index contributed by atoms with van der Waals surface area (Å²) < 4.78 is 4.52. The first-order valence-electron chi connectivity index (χ1n) is 10.4. The lowest BCUT2D eigenvalue weighted by Gasteiger charge is -2.17. The second kappa shape index (κ2) is 8.99. The minimum atomic E-state index is -0.646. The summed E-state index contributed by atoms with van der Waals surface area (Å²) in [5, 5.41) is 6.51. The van der Waals surface area contributed by atoms with Gasteiger partial charge in [0.1, 0.15) is 0 Å². The molecule has 160 valence electrons. The van der Waals surface area contributed by atoms with Crippen molar-refractivity contribution < 1.29 is 14.1 Å². The van der Waals surface area contributed by atoms with Gasteiger partial charge in [0.25, 0.3) is 0 Å². The van der Waals surface area contributed by atoms with Gasteiger partial charge in [0, 0.05) is 29.9 Å². The molecule has 2 aromatic carbocycles. The van der Waals surface area contributed by atoms with Gasteiger partial charge in [0.2, 0.25) is 11.8 Å². The lowest BCUT2D eigenvalue weighted by Crippen LogP contribution is -2.28. The van der Waals surface area contributed by atoms with Gasteiger partial charge in [0.15, 0.2) is 5.82 Å². The van der Waals surface area contributed by atoms with Crippen LogP contribution in [0.5, 0.6) is 0 Å². The average Bonchev–Trinajstić information content (AvgIpc) is 3.39. The Morgan fingerprint density at radius 3 is 2.74 bits per heavy atom. The Kier molecular flexibility index (Phi) is 5.97. The predicted molar refractivity (Wildman–Crippen MR) is 117 cm³/mol. The van der Waals surface area contributed by atoms with E-state index in [0.717, 1.165) is 24.9 Å². The number of benzene rings is 2. The number of H-pyrrole nitrogens is 1. The van der Waals surface area contributed by atoms with Crippen molar-refractivity contribution in [1.82, 2.24) is 10.1 Å². The van der Waals surface area contributed by atoms with Crippen molar-refractivity contribution in [1.29, 1.82) is 0 Å². The third kappa shape index (κ3) is 4.74. The van der Waals surface area contributed by atoms with Crippen LogP contribution in [0.15, 0.2) is 57.8 Å². The highest BCUT2D eigenvalue weighted by atomic mass is 16.5. The summed E-state index contributed by atoms with van der Waals surface area (Å²) in [6.07, 6.45) is 3.47. The Labute approximate surface area is 179 Å². The van der Waals surface area contributed by atoms with Crippen molar-refractivity contribution in [3.63, 3.8) is 0 Å². The molecule has 8 nitrogen and oxygen atoms in total. The van der Waals surface area contributed by atoms with Crippen molar-refractivity contribution in [2.75, 3.05) is 16.8 Å². The molecule has 3 aromatic rings. The van der Waals surface area contributed by atoms with Crippen molar-refractivity contribution in [2.24, 2.45) is 5.92 Å². The van der Waals surface area contributed by atoms with Crippen molar-refractivity contribution >= 4 is 23.2 Å². The molecule has 2 amide bonds. The first kappa shape index (κ1) is 20.6. The number of anilines is 2. The number of unbranched alkanes of at least 4 members (excludes halogenated alkanes) is 1. The predicted octanol–water partition coefficient (Wildman–Crippen LogP) is 3.36. The first-order chi connectivity index (χ1) is 15.0. The fourth-order valence-electron chi connectivity index (χ4n) is 3.70. The summed E-state index contributed by atoms with van der Waals surface area (Å²) in [4.78, 5) is 40.6. The number of aromatic nitrogens is 2. The van der Waals surface area contributed by atoms with E-state index < -0.39 is 11.7 Å². The van der Waals surface area contributed by atoms with E-state index in [1.807, 2.05) is 24.3 Å². The van der Waals surface area contributed by atoms with Crippen LogP contribution >= 0.6 is 0 Å². The third-order valence-electron chi connectivity index (χ3n) is 5.41. The number of aromatic amines is 1. The fraction of sp³-hybridized carbons (Fsp3) is 0.304. The molecule has 0 aliphatic carbocycles. The summed E-state index contributed by atoms with van der Waals surface area (Å²) in [6, 6.07) is 14.9. The van der Waals surface area contributed by atoms with Crippen LogP contribution in [0, 0.1) is 5.92 Å². The number of amides is 2. The molecule has 0 spiro atoms. The summed E-state index contributed by atoms with van der Waals surface area (Å²) >= 11 is 0. The molecule has 1 atom stereocenters. The number of hydrogen-bond donors (Lipinski definition) is 2. The van der Waals surface area contributed by atoms with Gasteiger partial charge in [-0.15, -0.1) is 0 Å². The molecule has 1 fully saturated rings. The number of hydrogen-bond acceptors (Lipinski definition) is 5. The molecule has 1 unspecified atom stereocenters. The van der Waals surface area contributed by atoms with E-state index in [0.29, 0.717) is 17.8 Å². The minimum Gasteiger partial charge on any atom is -0.326 e. The average molecular weight is 420 g/mol. The zero-order valence-corrected chi connectivity index (χ0v) is 17.3. The van der Waals surface area contributed by atoms with Gasteiger partial charge in [-0.3, -0.25) is 19.1 Å². The van der Waals surface area contributed by atoms with Gasteiger partial charge in [-0.2, -0.15) is 0 Å². The van der Waals surface area contributed by atoms with Gasteiger partial charge in [-0.25, -0.2) is 4.79 Å². The maximum atomic E-state index is 12.8. The van der Waals surface area contributed by atoms with E-state index in [2.05, 4.69) is 26.9 Å². The van der Waals surface area contributed by atoms with Crippen molar-refractivity contribution in [2.45, 2.75) is 32.6 Å². The second-order valence-electron chi connectivity index (χ2n) is 7.69.